The average Bonchev–Trinajstić information content (AvgIpc) is 3.96. The third kappa shape index (κ3) is 15.7. The molecule has 0 unspecified atom stereocenters. The zero-order valence-corrected chi connectivity index (χ0v) is 38.2. The topological polar surface area (TPSA) is 245 Å². The van der Waals surface area contributed by atoms with Gasteiger partial charge in [0.1, 0.15) is 16.8 Å². The van der Waals surface area contributed by atoms with E-state index in [4.69, 9.17) is 43.8 Å². The van der Waals surface area contributed by atoms with Crippen LogP contribution < -0.4 is 20.3 Å². The number of aryl methyl sites for hydroxylation is 1. The number of piperidine rings is 1. The molecule has 4 aliphatic rings. The minimum Gasteiger partial charge on any atom is -0.481 e. The quantitative estimate of drug-likeness (QED) is 0.105. The SMILES string of the molecule is C#CC#CC#CC#CC#CC#CC#CC#CC#CC#CC#CC#CC#C.COc1ccc2c(n1)CC1(CCN(c3cnc4c(n3)CN=C4N3CCCc4ncccc43)CC1)[C@@H]2N.N=N/N=N/N=N/N=N/N=O.[HH].[HH].[HH].[HH].[HH].[HH].[HH].[HH].[HH].[HH].[HH].[HH].[HH]. The first-order valence-corrected chi connectivity index (χ1v) is 20.9. The molecule has 0 radical (unpaired) electrons. The van der Waals surface area contributed by atoms with E-state index in [2.05, 4.69) is 211 Å². The summed E-state index contributed by atoms with van der Waals surface area (Å²) < 4.78 is 5.33. The van der Waals surface area contributed by atoms with E-state index >= 15 is 0 Å². The molecule has 3 aromatic heterocycles. The molecule has 19 heteroatoms. The second-order valence-corrected chi connectivity index (χ2v) is 14.0. The standard InChI is InChI=1S/C27H30N8O.C26H2.HN9O.13H2/c1-36-23-7-6-17-19(33-23)14-27(25(17)28)8-12-34(13-9-27)22-16-30-24-20(32-22)15-31-26(24)35-11-3-4-18-21(35)5-2-10-29-18;1-3-5-7-9-11-13-15-17-19-21-23-25-26-24-22-20-18-16-14-12-10-8-6-4-2;1-2-3-4-5-6-7-8-9-10;;;;;;;;;;;;;/h2,5-7,10,16,25H,3-4,8-9,11-15,28H2,1H3;1-2H;1H;13*1H/b;;2-1?,4-3+,6-5+,8-7+;;;;;;;;;;;;;/t25-;;;;;;;;;;;;;;;/m1.............../s1. The van der Waals surface area contributed by atoms with Crippen molar-refractivity contribution in [1.82, 2.24) is 19.9 Å². The lowest BCUT2D eigenvalue weighted by Crippen LogP contribution is -2.44. The lowest BCUT2D eigenvalue weighted by Gasteiger charge is -2.42. The van der Waals surface area contributed by atoms with Gasteiger partial charge in [-0.3, -0.25) is 9.98 Å². The van der Waals surface area contributed by atoms with Crippen molar-refractivity contribution in [2.75, 3.05) is 36.5 Å². The van der Waals surface area contributed by atoms with Crippen LogP contribution in [0.25, 0.3) is 0 Å². The minimum atomic E-state index is 0. The number of aliphatic imine (C=N–C) groups is 1. The van der Waals surface area contributed by atoms with Crippen LogP contribution in [-0.4, -0.2) is 52.5 Å². The largest absolute Gasteiger partial charge is 0.481 e. The maximum absolute atomic E-state index is 9.18. The number of nitrogens with one attached hydrogen (secondary N) is 1. The zero-order chi connectivity index (χ0) is 50.9. The summed E-state index contributed by atoms with van der Waals surface area (Å²) in [4.78, 5) is 37.8. The van der Waals surface area contributed by atoms with Crippen LogP contribution in [0.15, 0.2) is 83.5 Å². The summed E-state index contributed by atoms with van der Waals surface area (Å²) in [6.45, 7) is 3.32. The number of methoxy groups -OCH3 is 1. The van der Waals surface area contributed by atoms with Crippen LogP contribution in [0, 0.1) is 171 Å². The number of hydrogen-bond acceptors (Lipinski definition) is 11. The number of nitroso groups, excluding NO2 is 1. The number of amidine groups is 1. The third-order valence-corrected chi connectivity index (χ3v) is 10.2. The van der Waals surface area contributed by atoms with Crippen LogP contribution >= 0.6 is 0 Å². The molecule has 3 aliphatic heterocycles. The van der Waals surface area contributed by atoms with Gasteiger partial charge in [-0.2, -0.15) is 5.53 Å². The summed E-state index contributed by atoms with van der Waals surface area (Å²) in [6.07, 6.45) is 18.6. The number of ether oxygens (including phenoxy) is 1. The molecule has 6 heterocycles. The highest BCUT2D eigenvalue weighted by atomic mass is 16.5. The van der Waals surface area contributed by atoms with Gasteiger partial charge in [0.15, 0.2) is 5.84 Å². The highest BCUT2D eigenvalue weighted by Crippen LogP contribution is 2.50. The van der Waals surface area contributed by atoms with Crippen molar-refractivity contribution < 1.29 is 23.3 Å². The number of nitrogens with zero attached hydrogens (tertiary/aromatic N) is 15. The van der Waals surface area contributed by atoms with Gasteiger partial charge in [-0.15, -0.1) is 17.8 Å². The first kappa shape index (κ1) is 51.7. The Labute approximate surface area is 435 Å². The molecule has 0 bridgehead atoms. The Hall–Kier alpha value is -11.3. The van der Waals surface area contributed by atoms with Gasteiger partial charge >= 0.3 is 0 Å². The predicted octanol–water partition coefficient (Wildman–Crippen LogP) is 8.12. The summed E-state index contributed by atoms with van der Waals surface area (Å²) in [5.74, 6) is 60.7. The molecule has 1 saturated heterocycles. The Morgan fingerprint density at radius 1 is 0.708 bits per heavy atom. The second-order valence-electron chi connectivity index (χ2n) is 14.0. The van der Waals surface area contributed by atoms with Crippen LogP contribution in [0.2, 0.25) is 0 Å². The van der Waals surface area contributed by atoms with E-state index in [-0.39, 0.29) is 30.0 Å². The number of hydrogen-bond donors (Lipinski definition) is 2. The van der Waals surface area contributed by atoms with Gasteiger partial charge in [-0.1, -0.05) is 6.07 Å². The number of rotatable bonds is 6. The van der Waals surface area contributed by atoms with E-state index in [1.807, 2.05) is 29.8 Å². The van der Waals surface area contributed by atoms with E-state index in [1.54, 1.807) is 7.11 Å². The summed E-state index contributed by atoms with van der Waals surface area (Å²) >= 11 is 0. The van der Waals surface area contributed by atoms with Gasteiger partial charge in [-0.25, -0.2) is 15.0 Å². The molecule has 368 valence electrons. The Bertz CT molecular complexity index is 3460. The maximum atomic E-state index is 9.18. The number of nitrogens with two attached hydrogens (primary N) is 1. The molecule has 0 aromatic carbocycles. The van der Waals surface area contributed by atoms with E-state index in [0.717, 1.165) is 91.9 Å². The molecule has 1 aliphatic carbocycles. The maximum Gasteiger partial charge on any atom is 0.213 e. The van der Waals surface area contributed by atoms with E-state index in [9.17, 15) is 4.91 Å². The Balaban J connectivity index is -0.000000152. The molecule has 3 aromatic rings. The monoisotopic (exact) mass is 966 g/mol. The van der Waals surface area contributed by atoms with Crippen molar-refractivity contribution in [1.29, 1.82) is 5.53 Å². The Kier molecular flexibility index (Phi) is 21.1. The molecule has 7 rings (SSSR count). The fourth-order valence-electron chi connectivity index (χ4n) is 7.19. The molecule has 1 atom stereocenters. The van der Waals surface area contributed by atoms with Crippen LogP contribution in [-0.2, 0) is 19.4 Å². The zero-order valence-electron chi connectivity index (χ0n) is 38.2. The number of pyridine rings is 2. The number of aromatic nitrogens is 4. The van der Waals surface area contributed by atoms with Crippen molar-refractivity contribution in [3.8, 4) is 161 Å². The van der Waals surface area contributed by atoms with Crippen molar-refractivity contribution in [2.45, 2.75) is 44.7 Å². The second kappa shape index (κ2) is 29.4. The van der Waals surface area contributed by atoms with Gasteiger partial charge in [0.05, 0.1) is 36.9 Å². The van der Waals surface area contributed by atoms with Crippen molar-refractivity contribution in [3.63, 3.8) is 0 Å². The molecular weight excluding hydrogens is 907 g/mol. The summed E-state index contributed by atoms with van der Waals surface area (Å²) in [5.41, 5.74) is 19.3. The molecule has 3 N–H and O–H groups in total. The van der Waals surface area contributed by atoms with Gasteiger partial charge in [-0.05, 0) is 171 Å². The lowest BCUT2D eigenvalue weighted by molar-refractivity contribution is 0.186. The normalized spacial score (nSPS) is 13.8. The van der Waals surface area contributed by atoms with Gasteiger partial charge in [0.2, 0.25) is 5.88 Å². The lowest BCUT2D eigenvalue weighted by atomic mass is 9.73. The van der Waals surface area contributed by atoms with Crippen molar-refractivity contribution in [3.05, 3.63) is 69.9 Å². The smallest absolute Gasteiger partial charge is 0.213 e. The van der Waals surface area contributed by atoms with E-state index < -0.39 is 0 Å². The number of terminal acetylenes is 2. The highest BCUT2D eigenvalue weighted by Gasteiger charge is 2.47. The van der Waals surface area contributed by atoms with Crippen LogP contribution in [0.1, 0.15) is 72.2 Å². The highest BCUT2D eigenvalue weighted by molar-refractivity contribution is 6.11. The van der Waals surface area contributed by atoms with Crippen molar-refractivity contribution in [2.24, 2.45) is 58.0 Å². The summed E-state index contributed by atoms with van der Waals surface area (Å²) in [6, 6.07) is 8.14. The van der Waals surface area contributed by atoms with Crippen molar-refractivity contribution >= 4 is 17.3 Å². The number of anilines is 2. The average molecular weight is 966 g/mol. The van der Waals surface area contributed by atoms with Gasteiger partial charge < -0.3 is 20.3 Å². The molecule has 0 amide bonds. The van der Waals surface area contributed by atoms with Crippen LogP contribution in [0.4, 0.5) is 11.5 Å². The Morgan fingerprint density at radius 3 is 1.81 bits per heavy atom. The minimum absolute atomic E-state index is 0. The molecule has 19 nitrogen and oxygen atoms in total. The third-order valence-electron chi connectivity index (χ3n) is 10.2. The van der Waals surface area contributed by atoms with E-state index in [0.29, 0.717) is 12.4 Å². The predicted molar refractivity (Wildman–Crippen MR) is 294 cm³/mol. The molecule has 0 saturated carbocycles. The van der Waals surface area contributed by atoms with Gasteiger partial charge in [0, 0.05) is 125 Å². The Morgan fingerprint density at radius 2 is 1.26 bits per heavy atom. The van der Waals surface area contributed by atoms with Crippen LogP contribution in [0.5, 0.6) is 5.88 Å². The molecular formula is C53H59N17O2. The fraction of sp³-hybridized carbons (Fsp3) is 0.226. The summed E-state index contributed by atoms with van der Waals surface area (Å²) in [7, 11) is 1.66. The first-order chi connectivity index (χ1) is 35.5. The van der Waals surface area contributed by atoms with Gasteiger partial charge in [0.25, 0.3) is 0 Å². The molecule has 1 spiro atoms. The fourth-order valence-corrected chi connectivity index (χ4v) is 7.19. The first-order valence-electron chi connectivity index (χ1n) is 20.9. The van der Waals surface area contributed by atoms with E-state index in [1.165, 1.54) is 5.56 Å². The summed E-state index contributed by atoms with van der Waals surface area (Å²) in [5, 5.41) is 20.8. The van der Waals surface area contributed by atoms with Crippen LogP contribution in [0.3, 0.4) is 0 Å². The number of fused-ring (bicyclic) bond motifs is 3. The molecule has 72 heavy (non-hydrogen) atoms. The molecule has 1 fully saturated rings.